The van der Waals surface area contributed by atoms with E-state index in [1.165, 1.54) is 5.56 Å². The summed E-state index contributed by atoms with van der Waals surface area (Å²) in [6.07, 6.45) is 1.22. The highest BCUT2D eigenvalue weighted by Gasteiger charge is 2.21. The maximum Gasteiger partial charge on any atom is 0.231 e. The maximum absolute atomic E-state index is 12.6. The maximum atomic E-state index is 12.6. The van der Waals surface area contributed by atoms with Crippen LogP contribution >= 0.6 is 0 Å². The van der Waals surface area contributed by atoms with Crippen LogP contribution in [0.25, 0.3) is 0 Å². The highest BCUT2D eigenvalue weighted by atomic mass is 16.7. The standard InChI is InChI=1S/C22H23N3O3/c23-14-18-1-3-19(4-2-18)15-24-9-11-25(12-10-24)22(26)8-6-17-5-7-20-21(13-17)28-16-27-20/h1-5,7,13H,6,8-12,15-16H2. The molecule has 0 atom stereocenters. The molecule has 0 saturated carbocycles. The Morgan fingerprint density at radius 1 is 0.964 bits per heavy atom. The second-order valence-electron chi connectivity index (χ2n) is 7.15. The van der Waals surface area contributed by atoms with E-state index in [9.17, 15) is 4.79 Å². The SMILES string of the molecule is N#Cc1ccc(CN2CCN(C(=O)CCc3ccc4c(c3)OCO4)CC2)cc1. The van der Waals surface area contributed by atoms with Crippen LogP contribution in [0.2, 0.25) is 0 Å². The van der Waals surface area contributed by atoms with Crippen molar-refractivity contribution in [3.8, 4) is 17.6 Å². The molecular formula is C22H23N3O3. The van der Waals surface area contributed by atoms with Gasteiger partial charge in [0.25, 0.3) is 0 Å². The van der Waals surface area contributed by atoms with Crippen LogP contribution in [0.5, 0.6) is 11.5 Å². The number of rotatable bonds is 5. The lowest BCUT2D eigenvalue weighted by Crippen LogP contribution is -2.48. The molecule has 0 spiro atoms. The zero-order valence-corrected chi connectivity index (χ0v) is 15.8. The van der Waals surface area contributed by atoms with E-state index in [2.05, 4.69) is 11.0 Å². The van der Waals surface area contributed by atoms with Crippen molar-refractivity contribution in [2.24, 2.45) is 0 Å². The molecule has 1 fully saturated rings. The summed E-state index contributed by atoms with van der Waals surface area (Å²) in [6, 6.07) is 15.7. The highest BCUT2D eigenvalue weighted by molar-refractivity contribution is 5.76. The van der Waals surface area contributed by atoms with E-state index in [0.717, 1.165) is 49.8 Å². The van der Waals surface area contributed by atoms with Gasteiger partial charge in [0.05, 0.1) is 11.6 Å². The molecule has 4 rings (SSSR count). The summed E-state index contributed by atoms with van der Waals surface area (Å²) in [7, 11) is 0. The van der Waals surface area contributed by atoms with E-state index >= 15 is 0 Å². The first kappa shape index (κ1) is 18.3. The van der Waals surface area contributed by atoms with E-state index in [1.807, 2.05) is 47.4 Å². The molecule has 2 aliphatic rings. The normalized spacial score (nSPS) is 16.0. The number of carbonyl (C=O) groups excluding carboxylic acids is 1. The average molecular weight is 377 g/mol. The minimum atomic E-state index is 0.204. The van der Waals surface area contributed by atoms with Crippen molar-refractivity contribution in [3.05, 3.63) is 59.2 Å². The number of piperazine rings is 1. The first-order chi connectivity index (χ1) is 13.7. The third-order valence-corrected chi connectivity index (χ3v) is 5.28. The molecule has 0 aliphatic carbocycles. The lowest BCUT2D eigenvalue weighted by molar-refractivity contribution is -0.133. The van der Waals surface area contributed by atoms with E-state index in [1.54, 1.807) is 0 Å². The zero-order valence-electron chi connectivity index (χ0n) is 15.8. The summed E-state index contributed by atoms with van der Waals surface area (Å²) < 4.78 is 10.7. The molecular weight excluding hydrogens is 354 g/mol. The first-order valence-corrected chi connectivity index (χ1v) is 9.59. The fraction of sp³-hybridized carbons (Fsp3) is 0.364. The van der Waals surface area contributed by atoms with Gasteiger partial charge in [-0.1, -0.05) is 18.2 Å². The van der Waals surface area contributed by atoms with Crippen molar-refractivity contribution in [1.82, 2.24) is 9.80 Å². The number of ether oxygens (including phenoxy) is 2. The quantitative estimate of drug-likeness (QED) is 0.801. The molecule has 0 radical (unpaired) electrons. The molecule has 6 heteroatoms. The number of aryl methyl sites for hydroxylation is 1. The molecule has 2 aromatic rings. The smallest absolute Gasteiger partial charge is 0.231 e. The lowest BCUT2D eigenvalue weighted by atomic mass is 10.1. The number of hydrogen-bond donors (Lipinski definition) is 0. The summed E-state index contributed by atoms with van der Waals surface area (Å²) in [6.45, 7) is 4.38. The van der Waals surface area contributed by atoms with E-state index in [0.29, 0.717) is 18.4 Å². The Morgan fingerprint density at radius 2 is 1.68 bits per heavy atom. The van der Waals surface area contributed by atoms with Crippen LogP contribution in [0.4, 0.5) is 0 Å². The molecule has 0 aromatic heterocycles. The van der Waals surface area contributed by atoms with Gasteiger partial charge < -0.3 is 14.4 Å². The number of nitrogens with zero attached hydrogens (tertiary/aromatic N) is 3. The van der Waals surface area contributed by atoms with Gasteiger partial charge in [0, 0.05) is 39.1 Å². The molecule has 0 N–H and O–H groups in total. The van der Waals surface area contributed by atoms with Gasteiger partial charge in [0.1, 0.15) is 0 Å². The van der Waals surface area contributed by atoms with Gasteiger partial charge >= 0.3 is 0 Å². The molecule has 0 bridgehead atoms. The molecule has 2 heterocycles. The molecule has 144 valence electrons. The van der Waals surface area contributed by atoms with E-state index in [4.69, 9.17) is 14.7 Å². The number of fused-ring (bicyclic) bond motifs is 1. The Labute approximate surface area is 164 Å². The van der Waals surface area contributed by atoms with Crippen molar-refractivity contribution >= 4 is 5.91 Å². The monoisotopic (exact) mass is 377 g/mol. The summed E-state index contributed by atoms with van der Waals surface area (Å²) in [5.41, 5.74) is 2.97. The Kier molecular flexibility index (Phi) is 5.45. The molecule has 0 unspecified atom stereocenters. The second kappa shape index (κ2) is 8.32. The van der Waals surface area contributed by atoms with Gasteiger partial charge in [-0.3, -0.25) is 9.69 Å². The third kappa shape index (κ3) is 4.26. The summed E-state index contributed by atoms with van der Waals surface area (Å²) >= 11 is 0. The van der Waals surface area contributed by atoms with Gasteiger partial charge in [-0.2, -0.15) is 5.26 Å². The molecule has 6 nitrogen and oxygen atoms in total. The largest absolute Gasteiger partial charge is 0.454 e. The Morgan fingerprint density at radius 3 is 2.43 bits per heavy atom. The molecule has 1 amide bonds. The van der Waals surface area contributed by atoms with Crippen LogP contribution in [-0.4, -0.2) is 48.7 Å². The highest BCUT2D eigenvalue weighted by Crippen LogP contribution is 2.32. The number of hydrogen-bond acceptors (Lipinski definition) is 5. The predicted molar refractivity (Wildman–Crippen MR) is 104 cm³/mol. The van der Waals surface area contributed by atoms with Crippen molar-refractivity contribution < 1.29 is 14.3 Å². The number of amides is 1. The molecule has 2 aromatic carbocycles. The van der Waals surface area contributed by atoms with Gasteiger partial charge in [0.2, 0.25) is 12.7 Å². The lowest BCUT2D eigenvalue weighted by Gasteiger charge is -2.34. The van der Waals surface area contributed by atoms with Gasteiger partial charge in [-0.25, -0.2) is 0 Å². The van der Waals surface area contributed by atoms with E-state index in [-0.39, 0.29) is 12.7 Å². The van der Waals surface area contributed by atoms with Gasteiger partial charge in [-0.15, -0.1) is 0 Å². The molecule has 28 heavy (non-hydrogen) atoms. The van der Waals surface area contributed by atoms with Crippen LogP contribution < -0.4 is 9.47 Å². The van der Waals surface area contributed by atoms with E-state index < -0.39 is 0 Å². The number of nitriles is 1. The van der Waals surface area contributed by atoms with Gasteiger partial charge in [-0.05, 0) is 41.8 Å². The van der Waals surface area contributed by atoms with Crippen LogP contribution in [-0.2, 0) is 17.8 Å². The molecule has 1 saturated heterocycles. The first-order valence-electron chi connectivity index (χ1n) is 9.59. The second-order valence-corrected chi connectivity index (χ2v) is 7.15. The van der Waals surface area contributed by atoms with Crippen molar-refractivity contribution in [3.63, 3.8) is 0 Å². The van der Waals surface area contributed by atoms with Crippen molar-refractivity contribution in [2.75, 3.05) is 33.0 Å². The van der Waals surface area contributed by atoms with Crippen molar-refractivity contribution in [2.45, 2.75) is 19.4 Å². The predicted octanol–water partition coefficient (Wildman–Crippen LogP) is 2.56. The Hall–Kier alpha value is -3.04. The van der Waals surface area contributed by atoms with Gasteiger partial charge in [0.15, 0.2) is 11.5 Å². The van der Waals surface area contributed by atoms with Crippen molar-refractivity contribution in [1.29, 1.82) is 5.26 Å². The third-order valence-electron chi connectivity index (χ3n) is 5.28. The topological polar surface area (TPSA) is 65.8 Å². The molecule has 2 aliphatic heterocycles. The number of carbonyl (C=O) groups is 1. The Balaban J connectivity index is 1.23. The van der Waals surface area contributed by atoms with Crippen LogP contribution in [0.15, 0.2) is 42.5 Å². The zero-order chi connectivity index (χ0) is 19.3. The van der Waals surface area contributed by atoms with Crippen LogP contribution in [0, 0.1) is 11.3 Å². The fourth-order valence-corrected chi connectivity index (χ4v) is 3.60. The van der Waals surface area contributed by atoms with Crippen LogP contribution in [0.1, 0.15) is 23.1 Å². The minimum Gasteiger partial charge on any atom is -0.454 e. The summed E-state index contributed by atoms with van der Waals surface area (Å²) in [5.74, 6) is 1.74. The fourth-order valence-electron chi connectivity index (χ4n) is 3.60. The van der Waals surface area contributed by atoms with Crippen LogP contribution in [0.3, 0.4) is 0 Å². The average Bonchev–Trinajstić information content (AvgIpc) is 3.21. The summed E-state index contributed by atoms with van der Waals surface area (Å²) in [5, 5.41) is 8.88. The summed E-state index contributed by atoms with van der Waals surface area (Å²) in [4.78, 5) is 16.9. The number of benzene rings is 2. The minimum absolute atomic E-state index is 0.204. The Bertz CT molecular complexity index is 881.